The number of benzene rings is 2. The van der Waals surface area contributed by atoms with Crippen LogP contribution in [0.3, 0.4) is 0 Å². The van der Waals surface area contributed by atoms with Gasteiger partial charge in [-0.05, 0) is 24.3 Å². The monoisotopic (exact) mass is 300 g/mol. The van der Waals surface area contributed by atoms with Crippen LogP contribution in [-0.2, 0) is 14.2 Å². The van der Waals surface area contributed by atoms with E-state index in [0.717, 1.165) is 0 Å². The van der Waals surface area contributed by atoms with Crippen LogP contribution in [0.2, 0.25) is 0 Å². The van der Waals surface area contributed by atoms with Crippen molar-refractivity contribution < 1.29 is 23.8 Å². The van der Waals surface area contributed by atoms with Crippen molar-refractivity contribution in [1.29, 1.82) is 0 Å². The number of esters is 2. The van der Waals surface area contributed by atoms with Gasteiger partial charge in [-0.3, -0.25) is 0 Å². The van der Waals surface area contributed by atoms with Gasteiger partial charge in [-0.15, -0.1) is 0 Å². The predicted octanol–water partition coefficient (Wildman–Crippen LogP) is 2.67. The van der Waals surface area contributed by atoms with Crippen LogP contribution < -0.4 is 0 Å². The Balaban J connectivity index is 1.58. The first-order valence-electron chi connectivity index (χ1n) is 6.79. The van der Waals surface area contributed by atoms with Crippen molar-refractivity contribution in [3.8, 4) is 0 Å². The Morgan fingerprint density at radius 1 is 0.682 bits per heavy atom. The minimum atomic E-state index is -0.457. The summed E-state index contributed by atoms with van der Waals surface area (Å²) in [7, 11) is 0. The van der Waals surface area contributed by atoms with E-state index in [2.05, 4.69) is 0 Å². The van der Waals surface area contributed by atoms with Gasteiger partial charge in [0.1, 0.15) is 6.61 Å². The molecule has 0 N–H and O–H groups in total. The normalized spacial score (nSPS) is 10.0. The molecule has 0 aromatic heterocycles. The van der Waals surface area contributed by atoms with E-state index in [1.54, 1.807) is 48.5 Å². The van der Waals surface area contributed by atoms with E-state index in [4.69, 9.17) is 14.2 Å². The van der Waals surface area contributed by atoms with Crippen LogP contribution in [0.25, 0.3) is 0 Å². The minimum Gasteiger partial charge on any atom is -0.460 e. The third-order valence-corrected chi connectivity index (χ3v) is 2.75. The molecule has 5 heteroatoms. The van der Waals surface area contributed by atoms with Gasteiger partial charge in [0, 0.05) is 0 Å². The van der Waals surface area contributed by atoms with E-state index in [-0.39, 0.29) is 20.0 Å². The number of ether oxygens (including phenoxy) is 3. The Labute approximate surface area is 128 Å². The number of hydrogen-bond acceptors (Lipinski definition) is 5. The number of rotatable bonds is 7. The molecular formula is C17H16O5. The maximum Gasteiger partial charge on any atom is 0.340 e. The lowest BCUT2D eigenvalue weighted by Crippen LogP contribution is -2.14. The molecule has 114 valence electrons. The van der Waals surface area contributed by atoms with Gasteiger partial charge < -0.3 is 14.2 Å². The van der Waals surface area contributed by atoms with Crippen molar-refractivity contribution in [2.24, 2.45) is 0 Å². The van der Waals surface area contributed by atoms with Gasteiger partial charge in [0.25, 0.3) is 0 Å². The molecule has 0 atom stereocenters. The number of carbonyl (C=O) groups is 2. The quantitative estimate of drug-likeness (QED) is 0.447. The summed E-state index contributed by atoms with van der Waals surface area (Å²) in [5.74, 6) is -0.868. The summed E-state index contributed by atoms with van der Waals surface area (Å²) in [6.45, 7) is 0.0634. The van der Waals surface area contributed by atoms with Crippen molar-refractivity contribution in [3.05, 3.63) is 71.8 Å². The van der Waals surface area contributed by atoms with Crippen LogP contribution in [0.15, 0.2) is 60.7 Å². The second kappa shape index (κ2) is 8.59. The van der Waals surface area contributed by atoms with Gasteiger partial charge >= 0.3 is 11.9 Å². The molecule has 0 radical (unpaired) electrons. The molecule has 0 fully saturated rings. The molecule has 0 aliphatic rings. The Bertz CT molecular complexity index is 539. The van der Waals surface area contributed by atoms with E-state index in [0.29, 0.717) is 11.1 Å². The molecule has 5 nitrogen and oxygen atoms in total. The van der Waals surface area contributed by atoms with E-state index < -0.39 is 11.9 Å². The lowest BCUT2D eigenvalue weighted by molar-refractivity contribution is -0.0435. The Morgan fingerprint density at radius 2 is 1.18 bits per heavy atom. The van der Waals surface area contributed by atoms with Crippen LogP contribution in [0.1, 0.15) is 20.7 Å². The molecule has 0 heterocycles. The van der Waals surface area contributed by atoms with Crippen LogP contribution in [0.4, 0.5) is 0 Å². The highest BCUT2D eigenvalue weighted by atomic mass is 16.7. The average Bonchev–Trinajstić information content (AvgIpc) is 2.59. The van der Waals surface area contributed by atoms with E-state index in [1.807, 2.05) is 12.1 Å². The Hall–Kier alpha value is -2.66. The smallest absolute Gasteiger partial charge is 0.340 e. The highest BCUT2D eigenvalue weighted by Gasteiger charge is 2.07. The van der Waals surface area contributed by atoms with E-state index in [1.165, 1.54) is 0 Å². The zero-order valence-corrected chi connectivity index (χ0v) is 11.9. The van der Waals surface area contributed by atoms with E-state index >= 15 is 0 Å². The standard InChI is InChI=1S/C17H16O5/c18-16(14-7-3-1-4-8-14)21-12-11-20-13-22-17(19)15-9-5-2-6-10-15/h1-10H,11-13H2. The molecule has 0 amide bonds. The van der Waals surface area contributed by atoms with Crippen LogP contribution >= 0.6 is 0 Å². The van der Waals surface area contributed by atoms with Crippen molar-refractivity contribution in [1.82, 2.24) is 0 Å². The number of hydrogen-bond donors (Lipinski definition) is 0. The molecule has 22 heavy (non-hydrogen) atoms. The molecule has 0 spiro atoms. The second-order valence-electron chi connectivity index (χ2n) is 4.33. The Kier molecular flexibility index (Phi) is 6.14. The van der Waals surface area contributed by atoms with E-state index in [9.17, 15) is 9.59 Å². The summed E-state index contributed by atoms with van der Waals surface area (Å²) in [5.41, 5.74) is 0.944. The SMILES string of the molecule is O=C(OCCOCOC(=O)c1ccccc1)c1ccccc1. The summed E-state index contributed by atoms with van der Waals surface area (Å²) in [6, 6.07) is 17.3. The van der Waals surface area contributed by atoms with Gasteiger partial charge in [0.2, 0.25) is 0 Å². The maximum atomic E-state index is 11.6. The highest BCUT2D eigenvalue weighted by molar-refractivity contribution is 5.89. The largest absolute Gasteiger partial charge is 0.460 e. The molecule has 0 saturated heterocycles. The molecule has 0 aliphatic carbocycles. The van der Waals surface area contributed by atoms with Crippen molar-refractivity contribution in [2.75, 3.05) is 20.0 Å². The summed E-state index contributed by atoms with van der Waals surface area (Å²) in [6.07, 6.45) is 0. The lowest BCUT2D eigenvalue weighted by atomic mass is 10.2. The fraction of sp³-hybridized carbons (Fsp3) is 0.176. The number of carbonyl (C=O) groups excluding carboxylic acids is 2. The minimum absolute atomic E-state index is 0.0939. The molecule has 2 rings (SSSR count). The van der Waals surface area contributed by atoms with Crippen LogP contribution in [-0.4, -0.2) is 31.9 Å². The summed E-state index contributed by atoms with van der Waals surface area (Å²) in [4.78, 5) is 23.2. The van der Waals surface area contributed by atoms with Crippen LogP contribution in [0.5, 0.6) is 0 Å². The summed E-state index contributed by atoms with van der Waals surface area (Å²) in [5, 5.41) is 0. The third-order valence-electron chi connectivity index (χ3n) is 2.75. The van der Waals surface area contributed by atoms with Crippen molar-refractivity contribution in [3.63, 3.8) is 0 Å². The van der Waals surface area contributed by atoms with Gasteiger partial charge in [0.05, 0.1) is 17.7 Å². The molecular weight excluding hydrogens is 284 g/mol. The second-order valence-corrected chi connectivity index (χ2v) is 4.33. The van der Waals surface area contributed by atoms with Gasteiger partial charge in [0.15, 0.2) is 6.79 Å². The average molecular weight is 300 g/mol. The maximum absolute atomic E-state index is 11.6. The first kappa shape index (κ1) is 15.7. The van der Waals surface area contributed by atoms with Crippen LogP contribution in [0, 0.1) is 0 Å². The summed E-state index contributed by atoms with van der Waals surface area (Å²) < 4.78 is 15.0. The van der Waals surface area contributed by atoms with Gasteiger partial charge in [-0.2, -0.15) is 0 Å². The summed E-state index contributed by atoms with van der Waals surface area (Å²) >= 11 is 0. The molecule has 0 unspecified atom stereocenters. The molecule has 0 bridgehead atoms. The first-order valence-corrected chi connectivity index (χ1v) is 6.79. The molecule has 0 saturated carbocycles. The molecule has 0 aliphatic heterocycles. The predicted molar refractivity (Wildman–Crippen MR) is 79.4 cm³/mol. The fourth-order valence-corrected chi connectivity index (χ4v) is 1.66. The van der Waals surface area contributed by atoms with Gasteiger partial charge in [-0.1, -0.05) is 36.4 Å². The molecule has 2 aromatic carbocycles. The topological polar surface area (TPSA) is 61.8 Å². The fourth-order valence-electron chi connectivity index (χ4n) is 1.66. The third kappa shape index (κ3) is 5.03. The first-order chi connectivity index (χ1) is 10.8. The molecule has 2 aromatic rings. The van der Waals surface area contributed by atoms with Gasteiger partial charge in [-0.25, -0.2) is 9.59 Å². The zero-order valence-electron chi connectivity index (χ0n) is 11.9. The lowest BCUT2D eigenvalue weighted by Gasteiger charge is -2.07. The Morgan fingerprint density at radius 3 is 1.73 bits per heavy atom. The highest BCUT2D eigenvalue weighted by Crippen LogP contribution is 2.02. The van der Waals surface area contributed by atoms with Crippen molar-refractivity contribution in [2.45, 2.75) is 0 Å². The van der Waals surface area contributed by atoms with Crippen molar-refractivity contribution >= 4 is 11.9 Å². The zero-order chi connectivity index (χ0) is 15.6.